The van der Waals surface area contributed by atoms with Crippen molar-refractivity contribution in [3.63, 3.8) is 0 Å². The highest BCUT2D eigenvalue weighted by molar-refractivity contribution is 6.30. The third kappa shape index (κ3) is 4.64. The number of amides is 2. The van der Waals surface area contributed by atoms with Crippen molar-refractivity contribution in [2.75, 3.05) is 32.5 Å². The van der Waals surface area contributed by atoms with Crippen LogP contribution < -0.4 is 10.1 Å². The Kier molecular flexibility index (Phi) is 6.21. The van der Waals surface area contributed by atoms with Crippen molar-refractivity contribution in [2.24, 2.45) is 0 Å². The smallest absolute Gasteiger partial charge is 0.265 e. The Morgan fingerprint density at radius 3 is 2.54 bits per heavy atom. The summed E-state index contributed by atoms with van der Waals surface area (Å²) in [5.41, 5.74) is 1.95. The van der Waals surface area contributed by atoms with E-state index in [1.807, 2.05) is 43.3 Å². The average Bonchev–Trinajstić information content (AvgIpc) is 2.66. The van der Waals surface area contributed by atoms with Gasteiger partial charge in [-0.15, -0.1) is 0 Å². The molecule has 28 heavy (non-hydrogen) atoms. The van der Waals surface area contributed by atoms with Crippen LogP contribution in [0.2, 0.25) is 5.02 Å². The van der Waals surface area contributed by atoms with Gasteiger partial charge in [0, 0.05) is 24.7 Å². The minimum absolute atomic E-state index is 0.142. The zero-order valence-electron chi connectivity index (χ0n) is 16.2. The van der Waals surface area contributed by atoms with Crippen molar-refractivity contribution in [3.05, 3.63) is 58.6 Å². The molecule has 1 unspecified atom stereocenters. The number of carbonyl (C=O) groups excluding carboxylic acids is 2. The first-order valence-electron chi connectivity index (χ1n) is 9.14. The van der Waals surface area contributed by atoms with E-state index in [2.05, 4.69) is 5.32 Å². The van der Waals surface area contributed by atoms with Gasteiger partial charge in [-0.05, 0) is 50.8 Å². The van der Waals surface area contributed by atoms with Crippen LogP contribution in [0.25, 0.3) is 0 Å². The predicted octanol–water partition coefficient (Wildman–Crippen LogP) is 3.26. The van der Waals surface area contributed by atoms with Gasteiger partial charge < -0.3 is 19.9 Å². The minimum Gasteiger partial charge on any atom is -0.478 e. The van der Waals surface area contributed by atoms with E-state index in [0.717, 1.165) is 12.1 Å². The SMILES string of the molecule is CC1Oc2c(cccc2C(=O)N(CCN(C)C)Cc2ccc(Cl)cc2)NC1=O. The molecule has 1 aliphatic heterocycles. The number of halogens is 1. The van der Waals surface area contributed by atoms with Gasteiger partial charge in [0.25, 0.3) is 11.8 Å². The maximum Gasteiger partial charge on any atom is 0.265 e. The number of anilines is 1. The summed E-state index contributed by atoms with van der Waals surface area (Å²) in [6.45, 7) is 3.40. The fraction of sp³-hybridized carbons (Fsp3) is 0.333. The lowest BCUT2D eigenvalue weighted by atomic mass is 10.1. The van der Waals surface area contributed by atoms with E-state index >= 15 is 0 Å². The lowest BCUT2D eigenvalue weighted by Gasteiger charge is -2.28. The van der Waals surface area contributed by atoms with Gasteiger partial charge in [-0.1, -0.05) is 29.8 Å². The van der Waals surface area contributed by atoms with Crippen LogP contribution in [-0.2, 0) is 11.3 Å². The third-order valence-corrected chi connectivity index (χ3v) is 4.81. The second kappa shape index (κ2) is 8.63. The summed E-state index contributed by atoms with van der Waals surface area (Å²) in [7, 11) is 3.94. The first-order valence-corrected chi connectivity index (χ1v) is 9.52. The molecule has 1 heterocycles. The Morgan fingerprint density at radius 2 is 1.86 bits per heavy atom. The number of carbonyl (C=O) groups is 2. The van der Waals surface area contributed by atoms with Crippen LogP contribution in [0.15, 0.2) is 42.5 Å². The molecule has 0 bridgehead atoms. The summed E-state index contributed by atoms with van der Waals surface area (Å²) in [4.78, 5) is 29.1. The Bertz CT molecular complexity index is 868. The van der Waals surface area contributed by atoms with Crippen molar-refractivity contribution in [1.29, 1.82) is 0 Å². The number of rotatable bonds is 6. The molecule has 1 aliphatic rings. The Labute approximate surface area is 170 Å². The van der Waals surface area contributed by atoms with Gasteiger partial charge in [-0.2, -0.15) is 0 Å². The molecular formula is C21H24ClN3O3. The average molecular weight is 402 g/mol. The standard InChI is InChI=1S/C21H24ClN3O3/c1-14-20(26)23-18-6-4-5-17(19(18)28-14)21(27)25(12-11-24(2)3)13-15-7-9-16(22)10-8-15/h4-10,14H,11-13H2,1-3H3,(H,23,26). The Morgan fingerprint density at radius 1 is 1.14 bits per heavy atom. The molecule has 1 N–H and O–H groups in total. The van der Waals surface area contributed by atoms with Crippen molar-refractivity contribution in [2.45, 2.75) is 19.6 Å². The molecule has 2 aromatic carbocycles. The van der Waals surface area contributed by atoms with E-state index in [1.165, 1.54) is 0 Å². The normalized spacial score (nSPS) is 15.6. The number of para-hydroxylation sites is 1. The van der Waals surface area contributed by atoms with Crippen LogP contribution in [0.3, 0.4) is 0 Å². The van der Waals surface area contributed by atoms with E-state index in [9.17, 15) is 9.59 Å². The quantitative estimate of drug-likeness (QED) is 0.807. The number of nitrogens with one attached hydrogen (secondary N) is 1. The number of nitrogens with zero attached hydrogens (tertiary/aromatic N) is 2. The minimum atomic E-state index is -0.645. The second-order valence-electron chi connectivity index (χ2n) is 7.09. The molecule has 148 valence electrons. The van der Waals surface area contributed by atoms with Gasteiger partial charge >= 0.3 is 0 Å². The summed E-state index contributed by atoms with van der Waals surface area (Å²) in [5, 5.41) is 3.45. The van der Waals surface area contributed by atoms with Gasteiger partial charge in [0.2, 0.25) is 0 Å². The van der Waals surface area contributed by atoms with E-state index in [1.54, 1.807) is 30.0 Å². The number of hydrogen-bond acceptors (Lipinski definition) is 4. The van der Waals surface area contributed by atoms with Crippen LogP contribution in [0.4, 0.5) is 5.69 Å². The molecule has 0 saturated carbocycles. The molecule has 1 atom stereocenters. The molecular weight excluding hydrogens is 378 g/mol. The van der Waals surface area contributed by atoms with E-state index < -0.39 is 6.10 Å². The monoisotopic (exact) mass is 401 g/mol. The van der Waals surface area contributed by atoms with Crippen LogP contribution in [0, 0.1) is 0 Å². The summed E-state index contributed by atoms with van der Waals surface area (Å²) in [6.07, 6.45) is -0.645. The van der Waals surface area contributed by atoms with Crippen LogP contribution in [0.1, 0.15) is 22.8 Å². The van der Waals surface area contributed by atoms with Crippen molar-refractivity contribution < 1.29 is 14.3 Å². The summed E-state index contributed by atoms with van der Waals surface area (Å²) >= 11 is 5.98. The van der Waals surface area contributed by atoms with Gasteiger partial charge in [0.1, 0.15) is 0 Å². The van der Waals surface area contributed by atoms with Crippen LogP contribution >= 0.6 is 11.6 Å². The molecule has 7 heteroatoms. The molecule has 3 rings (SSSR count). The zero-order valence-corrected chi connectivity index (χ0v) is 17.0. The predicted molar refractivity (Wildman–Crippen MR) is 110 cm³/mol. The second-order valence-corrected chi connectivity index (χ2v) is 7.52. The highest BCUT2D eigenvalue weighted by Crippen LogP contribution is 2.34. The Balaban J connectivity index is 1.89. The fourth-order valence-electron chi connectivity index (χ4n) is 2.95. The fourth-order valence-corrected chi connectivity index (χ4v) is 3.08. The van der Waals surface area contributed by atoms with Crippen molar-refractivity contribution in [1.82, 2.24) is 9.80 Å². The van der Waals surface area contributed by atoms with Gasteiger partial charge in [0.15, 0.2) is 11.9 Å². The van der Waals surface area contributed by atoms with E-state index in [4.69, 9.17) is 16.3 Å². The number of hydrogen-bond donors (Lipinski definition) is 1. The molecule has 0 radical (unpaired) electrons. The molecule has 6 nitrogen and oxygen atoms in total. The number of likely N-dealkylation sites (N-methyl/N-ethyl adjacent to an activating group) is 1. The van der Waals surface area contributed by atoms with Crippen molar-refractivity contribution >= 4 is 29.1 Å². The maximum absolute atomic E-state index is 13.4. The van der Waals surface area contributed by atoms with Crippen LogP contribution in [0.5, 0.6) is 5.75 Å². The first-order chi connectivity index (χ1) is 13.3. The Hall–Kier alpha value is -2.57. The van der Waals surface area contributed by atoms with Gasteiger partial charge in [-0.3, -0.25) is 9.59 Å². The summed E-state index contributed by atoms with van der Waals surface area (Å²) in [5.74, 6) is 0.0604. The summed E-state index contributed by atoms with van der Waals surface area (Å²) in [6, 6.07) is 12.7. The molecule has 0 fully saturated rings. The molecule has 0 spiro atoms. The first kappa shape index (κ1) is 20.2. The van der Waals surface area contributed by atoms with Gasteiger partial charge in [-0.25, -0.2) is 0 Å². The highest BCUT2D eigenvalue weighted by Gasteiger charge is 2.29. The lowest BCUT2D eigenvalue weighted by molar-refractivity contribution is -0.122. The van der Waals surface area contributed by atoms with Crippen molar-refractivity contribution in [3.8, 4) is 5.75 Å². The van der Waals surface area contributed by atoms with Gasteiger partial charge in [0.05, 0.1) is 11.3 Å². The van der Waals surface area contributed by atoms with E-state index in [0.29, 0.717) is 35.1 Å². The largest absolute Gasteiger partial charge is 0.478 e. The molecule has 2 amide bonds. The van der Waals surface area contributed by atoms with E-state index in [-0.39, 0.29) is 11.8 Å². The number of fused-ring (bicyclic) bond motifs is 1. The molecule has 0 saturated heterocycles. The topological polar surface area (TPSA) is 61.9 Å². The summed E-state index contributed by atoms with van der Waals surface area (Å²) < 4.78 is 5.75. The molecule has 2 aromatic rings. The molecule has 0 aromatic heterocycles. The van der Waals surface area contributed by atoms with Crippen LogP contribution in [-0.4, -0.2) is 54.9 Å². The third-order valence-electron chi connectivity index (χ3n) is 4.56. The zero-order chi connectivity index (χ0) is 20.3. The maximum atomic E-state index is 13.4. The number of ether oxygens (including phenoxy) is 1. The number of benzene rings is 2. The lowest BCUT2D eigenvalue weighted by Crippen LogP contribution is -2.38. The highest BCUT2D eigenvalue weighted by atomic mass is 35.5. The molecule has 0 aliphatic carbocycles.